The van der Waals surface area contributed by atoms with Gasteiger partial charge in [0.2, 0.25) is 0 Å². The van der Waals surface area contributed by atoms with E-state index < -0.39 is 0 Å². The highest BCUT2D eigenvalue weighted by atomic mass is 32.1. The molecule has 0 radical (unpaired) electrons. The monoisotopic (exact) mass is 174 g/mol. The van der Waals surface area contributed by atoms with Crippen LogP contribution in [-0.4, -0.2) is 11.0 Å². The van der Waals surface area contributed by atoms with Crippen LogP contribution in [0.1, 0.15) is 32.1 Å². The molecule has 2 heteroatoms. The molecule has 1 saturated carbocycles. The minimum Gasteiger partial charge on any atom is -0.137 e. The Hall–Kier alpha value is 0.520. The molecule has 0 amide bonds. The van der Waals surface area contributed by atoms with Crippen molar-refractivity contribution in [3.63, 3.8) is 0 Å². The molecular weight excluding hydrogens is 159 g/mol. The lowest BCUT2D eigenvalue weighted by atomic mass is 10.0. The molecule has 0 bridgehead atoms. The van der Waals surface area contributed by atoms with Gasteiger partial charge < -0.3 is 0 Å². The third-order valence-corrected chi connectivity index (χ3v) is 3.32. The summed E-state index contributed by atoms with van der Waals surface area (Å²) in [5.74, 6) is 0.738. The topological polar surface area (TPSA) is 0 Å². The highest BCUT2D eigenvalue weighted by Crippen LogP contribution is 2.22. The van der Waals surface area contributed by atoms with Crippen LogP contribution in [-0.2, 0) is 0 Å². The molecular formula is C8H15PS. The standard InChI is InChI=1S/C8H15PS/c9-6-7-4-2-1-3-5-8(7)10/h7H,1-6,9H2. The van der Waals surface area contributed by atoms with Crippen LogP contribution in [0.15, 0.2) is 0 Å². The summed E-state index contributed by atoms with van der Waals surface area (Å²) >= 11 is 5.30. The van der Waals surface area contributed by atoms with Gasteiger partial charge >= 0.3 is 0 Å². The quantitative estimate of drug-likeness (QED) is 0.334. The first kappa shape index (κ1) is 8.62. The Bertz CT molecular complexity index is 122. The van der Waals surface area contributed by atoms with Crippen molar-refractivity contribution in [3.8, 4) is 0 Å². The first-order valence-corrected chi connectivity index (χ1v) is 5.30. The van der Waals surface area contributed by atoms with E-state index in [9.17, 15) is 0 Å². The van der Waals surface area contributed by atoms with Crippen LogP contribution < -0.4 is 0 Å². The van der Waals surface area contributed by atoms with Crippen molar-refractivity contribution in [1.82, 2.24) is 0 Å². The van der Waals surface area contributed by atoms with E-state index in [0.717, 1.165) is 5.92 Å². The summed E-state index contributed by atoms with van der Waals surface area (Å²) in [7, 11) is 2.81. The van der Waals surface area contributed by atoms with E-state index in [1.54, 1.807) is 0 Å². The van der Waals surface area contributed by atoms with Gasteiger partial charge in [-0.3, -0.25) is 0 Å². The third-order valence-electron chi connectivity index (χ3n) is 2.22. The molecule has 0 aromatic heterocycles. The number of hydrogen-bond donors (Lipinski definition) is 0. The highest BCUT2D eigenvalue weighted by molar-refractivity contribution is 7.80. The van der Waals surface area contributed by atoms with Crippen LogP contribution in [0, 0.1) is 5.92 Å². The van der Waals surface area contributed by atoms with E-state index in [-0.39, 0.29) is 0 Å². The Kier molecular flexibility index (Phi) is 3.80. The Balaban J connectivity index is 2.43. The summed E-state index contributed by atoms with van der Waals surface area (Å²) in [6.07, 6.45) is 7.83. The molecule has 58 valence electrons. The van der Waals surface area contributed by atoms with Crippen LogP contribution >= 0.6 is 21.5 Å². The summed E-state index contributed by atoms with van der Waals surface area (Å²) in [5, 5.41) is 0. The molecule has 0 nitrogen and oxygen atoms in total. The maximum Gasteiger partial charge on any atom is -0.00373 e. The van der Waals surface area contributed by atoms with Crippen molar-refractivity contribution in [1.29, 1.82) is 0 Å². The number of rotatable bonds is 1. The van der Waals surface area contributed by atoms with Gasteiger partial charge in [-0.25, -0.2) is 0 Å². The molecule has 0 aromatic carbocycles. The fourth-order valence-electron chi connectivity index (χ4n) is 1.48. The lowest BCUT2D eigenvalue weighted by Crippen LogP contribution is -2.11. The summed E-state index contributed by atoms with van der Waals surface area (Å²) < 4.78 is 0. The normalized spacial score (nSPS) is 28.1. The second kappa shape index (κ2) is 4.41. The van der Waals surface area contributed by atoms with E-state index in [1.807, 2.05) is 0 Å². The maximum atomic E-state index is 5.30. The maximum absolute atomic E-state index is 5.30. The van der Waals surface area contributed by atoms with Crippen molar-refractivity contribution in [2.24, 2.45) is 5.92 Å². The van der Waals surface area contributed by atoms with Crippen LogP contribution in [0.25, 0.3) is 0 Å². The number of thiocarbonyl (C=S) groups is 1. The Morgan fingerprint density at radius 1 is 1.40 bits per heavy atom. The van der Waals surface area contributed by atoms with Gasteiger partial charge in [-0.2, -0.15) is 0 Å². The first-order chi connectivity index (χ1) is 4.84. The summed E-state index contributed by atoms with van der Waals surface area (Å²) in [6, 6.07) is 0. The van der Waals surface area contributed by atoms with Gasteiger partial charge in [0, 0.05) is 0 Å². The zero-order valence-electron chi connectivity index (χ0n) is 6.31. The largest absolute Gasteiger partial charge is 0.137 e. The molecule has 10 heavy (non-hydrogen) atoms. The minimum atomic E-state index is 0.738. The predicted octanol–water partition coefficient (Wildman–Crippen LogP) is 2.81. The molecule has 0 aromatic rings. The smallest absolute Gasteiger partial charge is 0.00373 e. The average Bonchev–Trinajstić information content (AvgIpc) is 2.13. The van der Waals surface area contributed by atoms with Crippen molar-refractivity contribution < 1.29 is 0 Å². The van der Waals surface area contributed by atoms with Crippen molar-refractivity contribution in [3.05, 3.63) is 0 Å². The minimum absolute atomic E-state index is 0.738. The van der Waals surface area contributed by atoms with E-state index in [1.165, 1.54) is 43.1 Å². The number of hydrogen-bond acceptors (Lipinski definition) is 1. The Morgan fingerprint density at radius 3 is 2.90 bits per heavy atom. The van der Waals surface area contributed by atoms with Gasteiger partial charge in [0.15, 0.2) is 0 Å². The second-order valence-corrected chi connectivity index (χ2v) is 3.99. The van der Waals surface area contributed by atoms with E-state index in [4.69, 9.17) is 12.2 Å². The van der Waals surface area contributed by atoms with Gasteiger partial charge in [-0.05, 0) is 36.2 Å². The molecule has 0 aliphatic heterocycles. The molecule has 1 aliphatic rings. The second-order valence-electron chi connectivity index (χ2n) is 3.00. The average molecular weight is 174 g/mol. The van der Waals surface area contributed by atoms with Gasteiger partial charge in [0.25, 0.3) is 0 Å². The zero-order valence-corrected chi connectivity index (χ0v) is 8.28. The Labute approximate surface area is 71.0 Å². The molecule has 0 N–H and O–H groups in total. The zero-order chi connectivity index (χ0) is 7.40. The molecule has 2 unspecified atom stereocenters. The van der Waals surface area contributed by atoms with Crippen molar-refractivity contribution >= 4 is 26.3 Å². The first-order valence-electron chi connectivity index (χ1n) is 4.07. The summed E-state index contributed by atoms with van der Waals surface area (Å²) in [4.78, 5) is 1.33. The predicted molar refractivity (Wildman–Crippen MR) is 53.8 cm³/mol. The summed E-state index contributed by atoms with van der Waals surface area (Å²) in [6.45, 7) is 0. The van der Waals surface area contributed by atoms with Crippen molar-refractivity contribution in [2.45, 2.75) is 32.1 Å². The molecule has 1 rings (SSSR count). The fraction of sp³-hybridized carbons (Fsp3) is 0.875. The van der Waals surface area contributed by atoms with Gasteiger partial charge in [-0.15, -0.1) is 9.24 Å². The van der Waals surface area contributed by atoms with Crippen molar-refractivity contribution in [2.75, 3.05) is 6.16 Å². The lowest BCUT2D eigenvalue weighted by molar-refractivity contribution is 0.635. The fourth-order valence-corrected chi connectivity index (χ4v) is 2.53. The molecule has 2 atom stereocenters. The molecule has 0 saturated heterocycles. The van der Waals surface area contributed by atoms with Gasteiger partial charge in [-0.1, -0.05) is 25.1 Å². The lowest BCUT2D eigenvalue weighted by Gasteiger charge is -2.10. The SMILES string of the molecule is PCC1CCCCCC1=S. The highest BCUT2D eigenvalue weighted by Gasteiger charge is 2.14. The Morgan fingerprint density at radius 2 is 2.20 bits per heavy atom. The van der Waals surface area contributed by atoms with Crippen LogP contribution in [0.2, 0.25) is 0 Å². The van der Waals surface area contributed by atoms with E-state index in [0.29, 0.717) is 0 Å². The van der Waals surface area contributed by atoms with E-state index >= 15 is 0 Å². The van der Waals surface area contributed by atoms with E-state index in [2.05, 4.69) is 9.24 Å². The van der Waals surface area contributed by atoms with Gasteiger partial charge in [0.1, 0.15) is 0 Å². The molecule has 0 heterocycles. The third kappa shape index (κ3) is 2.29. The van der Waals surface area contributed by atoms with Crippen LogP contribution in [0.3, 0.4) is 0 Å². The van der Waals surface area contributed by atoms with Gasteiger partial charge in [0.05, 0.1) is 0 Å². The summed E-state index contributed by atoms with van der Waals surface area (Å²) in [5.41, 5.74) is 0. The molecule has 0 spiro atoms. The molecule has 1 aliphatic carbocycles. The molecule has 1 fully saturated rings. The van der Waals surface area contributed by atoms with Crippen LogP contribution in [0.5, 0.6) is 0 Å². The van der Waals surface area contributed by atoms with Crippen LogP contribution in [0.4, 0.5) is 0 Å².